The van der Waals surface area contributed by atoms with E-state index in [0.29, 0.717) is 31.4 Å². The van der Waals surface area contributed by atoms with Gasteiger partial charge in [-0.25, -0.2) is 0 Å². The molecule has 0 bridgehead atoms. The van der Waals surface area contributed by atoms with Crippen LogP contribution in [0.5, 0.6) is 0 Å². The molecule has 0 unspecified atom stereocenters. The summed E-state index contributed by atoms with van der Waals surface area (Å²) >= 11 is 3.76. The van der Waals surface area contributed by atoms with Crippen molar-refractivity contribution < 1.29 is 23.7 Å². The lowest BCUT2D eigenvalue weighted by atomic mass is 9.82. The van der Waals surface area contributed by atoms with Gasteiger partial charge < -0.3 is 23.9 Å². The minimum Gasteiger partial charge on any atom is -0.469 e. The minimum atomic E-state index is -0.862. The molecule has 3 aromatic rings. The molecule has 8 heteroatoms. The molecule has 0 amide bonds. The third kappa shape index (κ3) is 4.40. The van der Waals surface area contributed by atoms with E-state index < -0.39 is 17.3 Å². The van der Waals surface area contributed by atoms with Crippen LogP contribution in [0.2, 0.25) is 0 Å². The van der Waals surface area contributed by atoms with Gasteiger partial charge in [0.15, 0.2) is 5.79 Å². The Morgan fingerprint density at radius 2 is 1.87 bits per heavy atom. The molecule has 2 aromatic carbocycles. The number of aromatic amines is 1. The number of hydrogen-bond donors (Lipinski definition) is 1. The van der Waals surface area contributed by atoms with Crippen LogP contribution in [0.3, 0.4) is 0 Å². The number of hydrogen-bond acceptors (Lipinski definition) is 6. The second kappa shape index (κ2) is 10.4. The van der Waals surface area contributed by atoms with Crippen molar-refractivity contribution in [3.8, 4) is 0 Å². The summed E-state index contributed by atoms with van der Waals surface area (Å²) in [5, 5.41) is 1.74. The third-order valence-corrected chi connectivity index (χ3v) is 9.59. The number of esters is 1. The van der Waals surface area contributed by atoms with E-state index in [2.05, 4.69) is 68.3 Å². The molecule has 3 aliphatic heterocycles. The number of rotatable bonds is 5. The van der Waals surface area contributed by atoms with Crippen LogP contribution >= 0.6 is 15.9 Å². The van der Waals surface area contributed by atoms with Crippen LogP contribution in [0, 0.1) is 5.92 Å². The van der Waals surface area contributed by atoms with Gasteiger partial charge in [0.25, 0.3) is 0 Å². The van der Waals surface area contributed by atoms with Gasteiger partial charge in [-0.3, -0.25) is 9.69 Å². The Labute approximate surface area is 231 Å². The molecule has 202 valence electrons. The van der Waals surface area contributed by atoms with Crippen molar-refractivity contribution in [1.29, 1.82) is 0 Å². The Morgan fingerprint density at radius 3 is 2.61 bits per heavy atom. The van der Waals surface area contributed by atoms with Gasteiger partial charge in [0.1, 0.15) is 11.8 Å². The first kappa shape index (κ1) is 26.0. The van der Waals surface area contributed by atoms with Crippen LogP contribution in [0.1, 0.15) is 42.5 Å². The first-order valence-electron chi connectivity index (χ1n) is 13.4. The largest absolute Gasteiger partial charge is 0.469 e. The summed E-state index contributed by atoms with van der Waals surface area (Å²) in [6, 6.07) is 18.8. The topological polar surface area (TPSA) is 73.0 Å². The van der Waals surface area contributed by atoms with Gasteiger partial charge in [-0.2, -0.15) is 0 Å². The molecule has 0 spiro atoms. The molecule has 0 saturated carbocycles. The number of nitrogens with zero attached hydrogens (tertiary/aromatic N) is 1. The monoisotopic (exact) mass is 582 g/mol. The highest BCUT2D eigenvalue weighted by Crippen LogP contribution is 2.51. The summed E-state index contributed by atoms with van der Waals surface area (Å²) < 4.78 is 24.8. The van der Waals surface area contributed by atoms with Gasteiger partial charge in [0, 0.05) is 40.9 Å². The number of nitrogens with one attached hydrogen (secondary N) is 1. The van der Waals surface area contributed by atoms with Gasteiger partial charge in [-0.05, 0) is 43.4 Å². The van der Waals surface area contributed by atoms with Gasteiger partial charge >= 0.3 is 5.97 Å². The molecule has 7 nitrogen and oxygen atoms in total. The quantitative estimate of drug-likeness (QED) is 0.332. The van der Waals surface area contributed by atoms with Crippen LogP contribution in [0.25, 0.3) is 10.9 Å². The van der Waals surface area contributed by atoms with E-state index in [9.17, 15) is 4.79 Å². The molecule has 2 fully saturated rings. The number of methoxy groups -OCH3 is 1. The molecule has 0 radical (unpaired) electrons. The maximum absolute atomic E-state index is 13.3. The predicted molar refractivity (Wildman–Crippen MR) is 148 cm³/mol. The van der Waals surface area contributed by atoms with Gasteiger partial charge in [0.05, 0.1) is 26.2 Å². The van der Waals surface area contributed by atoms with Crippen molar-refractivity contribution in [2.24, 2.45) is 5.92 Å². The highest BCUT2D eigenvalue weighted by Gasteiger charge is 2.61. The van der Waals surface area contributed by atoms with Crippen LogP contribution in [0.15, 0.2) is 54.6 Å². The Morgan fingerprint density at radius 1 is 1.13 bits per heavy atom. The zero-order valence-corrected chi connectivity index (χ0v) is 23.5. The number of para-hydroxylation sites is 1. The summed E-state index contributed by atoms with van der Waals surface area (Å²) in [5.74, 6) is -1.44. The van der Waals surface area contributed by atoms with Crippen molar-refractivity contribution >= 4 is 32.8 Å². The predicted octanol–water partition coefficient (Wildman–Crippen LogP) is 5.13. The number of fused-ring (bicyclic) bond motifs is 4. The molecule has 0 aliphatic carbocycles. The number of halogens is 1. The zero-order valence-electron chi connectivity index (χ0n) is 22.0. The summed E-state index contributed by atoms with van der Waals surface area (Å²) in [6.07, 6.45) is 1.89. The normalized spacial score (nSPS) is 29.3. The van der Waals surface area contributed by atoms with Crippen molar-refractivity contribution in [2.75, 3.05) is 32.2 Å². The van der Waals surface area contributed by atoms with Crippen molar-refractivity contribution in [2.45, 2.75) is 56.3 Å². The fourth-order valence-corrected chi connectivity index (χ4v) is 7.55. The number of carbonyl (C=O) groups excluding carboxylic acids is 1. The Hall–Kier alpha value is -2.23. The number of ether oxygens (including phenoxy) is 4. The Balaban J connectivity index is 1.45. The SMILES string of the molecule is COC(=O)[C@H]1C[C@@H]2C[C@](CBr)(C3(C)OCCO3)O[C@H]2N(Cc2ccccc2)CCc2c1[nH]c1ccccc21. The van der Waals surface area contributed by atoms with E-state index in [1.165, 1.54) is 23.6 Å². The van der Waals surface area contributed by atoms with Crippen LogP contribution in [-0.2, 0) is 36.7 Å². The number of alkyl halides is 1. The van der Waals surface area contributed by atoms with Crippen molar-refractivity contribution in [3.05, 3.63) is 71.4 Å². The number of aromatic nitrogens is 1. The average molecular weight is 584 g/mol. The third-order valence-electron chi connectivity index (χ3n) is 8.68. The summed E-state index contributed by atoms with van der Waals surface area (Å²) in [7, 11) is 1.48. The van der Waals surface area contributed by atoms with Gasteiger partial charge in [-0.1, -0.05) is 64.5 Å². The Bertz CT molecular complexity index is 1290. The maximum Gasteiger partial charge on any atom is 0.314 e. The van der Waals surface area contributed by atoms with Crippen molar-refractivity contribution in [3.63, 3.8) is 0 Å². The molecular weight excluding hydrogens is 548 g/mol. The average Bonchev–Trinajstić information content (AvgIpc) is 3.66. The van der Waals surface area contributed by atoms with Gasteiger partial charge in [0.2, 0.25) is 0 Å². The number of carbonyl (C=O) groups is 1. The molecule has 3 aliphatic rings. The molecule has 1 aromatic heterocycles. The summed E-state index contributed by atoms with van der Waals surface area (Å²) in [4.78, 5) is 19.4. The second-order valence-electron chi connectivity index (χ2n) is 10.8. The molecule has 4 atom stereocenters. The lowest BCUT2D eigenvalue weighted by molar-refractivity contribution is -0.271. The smallest absolute Gasteiger partial charge is 0.314 e. The molecule has 1 N–H and O–H groups in total. The first-order chi connectivity index (χ1) is 18.5. The van der Waals surface area contributed by atoms with E-state index in [0.717, 1.165) is 30.7 Å². The maximum atomic E-state index is 13.3. The van der Waals surface area contributed by atoms with Gasteiger partial charge in [-0.15, -0.1) is 0 Å². The molecule has 2 saturated heterocycles. The number of H-pyrrole nitrogens is 1. The number of benzene rings is 2. The molecule has 4 heterocycles. The molecular formula is C30H35BrN2O5. The fourth-order valence-electron chi connectivity index (χ4n) is 6.68. The van der Waals surface area contributed by atoms with E-state index in [-0.39, 0.29) is 18.1 Å². The lowest BCUT2D eigenvalue weighted by Crippen LogP contribution is -2.55. The van der Waals surface area contributed by atoms with Crippen LogP contribution < -0.4 is 0 Å². The second-order valence-corrected chi connectivity index (χ2v) is 11.4. The molecule has 38 heavy (non-hydrogen) atoms. The first-order valence-corrected chi connectivity index (χ1v) is 14.6. The highest BCUT2D eigenvalue weighted by atomic mass is 79.9. The fraction of sp³-hybridized carbons (Fsp3) is 0.500. The summed E-state index contributed by atoms with van der Waals surface area (Å²) in [5.41, 5.74) is 3.76. The van der Waals surface area contributed by atoms with E-state index in [1.54, 1.807) is 0 Å². The highest BCUT2D eigenvalue weighted by molar-refractivity contribution is 9.09. The standard InChI is InChI=1S/C30H35BrN2O5/c1-29(36-14-15-37-29)30(19-31)17-21-16-24(28(34)35-2)26-23(22-10-6-7-11-25(22)32-26)12-13-33(27(21)38-30)18-20-8-4-3-5-9-20/h3-11,21,24,27,32H,12-19H2,1-2H3/t21-,24+,27-,30+/m1/s1. The minimum absolute atomic E-state index is 0.0577. The van der Waals surface area contributed by atoms with Crippen molar-refractivity contribution in [1.82, 2.24) is 9.88 Å². The van der Waals surface area contributed by atoms with E-state index >= 15 is 0 Å². The van der Waals surface area contributed by atoms with Crippen LogP contribution in [0.4, 0.5) is 0 Å². The van der Waals surface area contributed by atoms with E-state index in [1.807, 2.05) is 19.1 Å². The summed E-state index contributed by atoms with van der Waals surface area (Å²) in [6.45, 7) is 4.61. The zero-order chi connectivity index (χ0) is 26.3. The molecule has 6 rings (SSSR count). The lowest BCUT2D eigenvalue weighted by Gasteiger charge is -2.41. The Kier molecular flexibility index (Phi) is 7.12. The van der Waals surface area contributed by atoms with E-state index in [4.69, 9.17) is 18.9 Å². The van der Waals surface area contributed by atoms with Crippen LogP contribution in [-0.4, -0.2) is 65.7 Å².